The summed E-state index contributed by atoms with van der Waals surface area (Å²) < 4.78 is 37.0. The smallest absolute Gasteiger partial charge is 0.357 e. The molecule has 0 amide bonds. The molecule has 0 aromatic heterocycles. The third-order valence-corrected chi connectivity index (χ3v) is 3.98. The zero-order valence-electron chi connectivity index (χ0n) is 15.8. The quantitative estimate of drug-likeness (QED) is 0.333. The van der Waals surface area contributed by atoms with Crippen LogP contribution in [0.2, 0.25) is 0 Å². The normalized spacial score (nSPS) is 14.5. The molecule has 0 spiro atoms. The number of likely N-dealkylation sites (N-methyl/N-ethyl adjacent to an activating group) is 1. The van der Waals surface area contributed by atoms with Gasteiger partial charge in [-0.1, -0.05) is 37.3 Å². The van der Waals surface area contributed by atoms with Crippen molar-refractivity contribution in [2.45, 2.75) is 38.9 Å². The lowest BCUT2D eigenvalue weighted by atomic mass is 9.94. The van der Waals surface area contributed by atoms with E-state index in [1.165, 1.54) is 17.5 Å². The second-order valence-electron chi connectivity index (χ2n) is 6.25. The summed E-state index contributed by atoms with van der Waals surface area (Å²) in [5, 5.41) is 6.48. The van der Waals surface area contributed by atoms with E-state index in [1.54, 1.807) is 0 Å². The van der Waals surface area contributed by atoms with E-state index in [0.29, 0.717) is 19.0 Å². The lowest BCUT2D eigenvalue weighted by Gasteiger charge is -2.24. The fourth-order valence-corrected chi connectivity index (χ4v) is 2.42. The number of guanidine groups is 1. The molecule has 0 heterocycles. The molecule has 2 N–H and O–H groups in total. The van der Waals surface area contributed by atoms with Crippen LogP contribution in [-0.4, -0.2) is 56.3 Å². The van der Waals surface area contributed by atoms with Gasteiger partial charge in [-0.3, -0.25) is 9.89 Å². The van der Waals surface area contributed by atoms with Gasteiger partial charge >= 0.3 is 6.18 Å². The van der Waals surface area contributed by atoms with Crippen molar-refractivity contribution >= 4 is 29.9 Å². The van der Waals surface area contributed by atoms with Crippen molar-refractivity contribution in [2.75, 3.05) is 33.2 Å². The van der Waals surface area contributed by atoms with Crippen LogP contribution in [0.3, 0.4) is 0 Å². The van der Waals surface area contributed by atoms with Gasteiger partial charge in [0.15, 0.2) is 5.96 Å². The van der Waals surface area contributed by atoms with Crippen LogP contribution >= 0.6 is 24.0 Å². The van der Waals surface area contributed by atoms with Crippen LogP contribution in [0.15, 0.2) is 35.3 Å². The van der Waals surface area contributed by atoms with Gasteiger partial charge in [-0.2, -0.15) is 13.2 Å². The molecule has 0 aliphatic carbocycles. The minimum atomic E-state index is -4.18. The highest BCUT2D eigenvalue weighted by Crippen LogP contribution is 2.18. The first kappa shape index (κ1) is 25.0. The molecule has 0 radical (unpaired) electrons. The van der Waals surface area contributed by atoms with Gasteiger partial charge in [0, 0.05) is 25.0 Å². The minimum Gasteiger partial charge on any atom is -0.357 e. The Bertz CT molecular complexity index is 523. The minimum absolute atomic E-state index is 0. The maximum atomic E-state index is 12.3. The van der Waals surface area contributed by atoms with Crippen molar-refractivity contribution in [3.8, 4) is 0 Å². The Kier molecular flexibility index (Phi) is 11.9. The average molecular weight is 486 g/mol. The Labute approximate surface area is 171 Å². The summed E-state index contributed by atoms with van der Waals surface area (Å²) in [6.45, 7) is 6.48. The zero-order valence-corrected chi connectivity index (χ0v) is 18.1. The molecule has 26 heavy (non-hydrogen) atoms. The Balaban J connectivity index is 0.00000625. The summed E-state index contributed by atoms with van der Waals surface area (Å²) in [5.41, 5.74) is 1.23. The number of nitrogens with one attached hydrogen (secondary N) is 2. The van der Waals surface area contributed by atoms with Gasteiger partial charge in [-0.05, 0) is 26.5 Å². The highest BCUT2D eigenvalue weighted by molar-refractivity contribution is 14.0. The zero-order chi connectivity index (χ0) is 18.9. The molecule has 8 heteroatoms. The Morgan fingerprint density at radius 1 is 1.19 bits per heavy atom. The molecule has 0 fully saturated rings. The lowest BCUT2D eigenvalue weighted by molar-refractivity contribution is -0.142. The molecule has 0 saturated heterocycles. The van der Waals surface area contributed by atoms with Gasteiger partial charge in [0.1, 0.15) is 0 Å². The van der Waals surface area contributed by atoms with Gasteiger partial charge in [0.05, 0.1) is 13.1 Å². The van der Waals surface area contributed by atoms with E-state index in [0.717, 1.165) is 0 Å². The van der Waals surface area contributed by atoms with Gasteiger partial charge in [-0.25, -0.2) is 0 Å². The van der Waals surface area contributed by atoms with E-state index in [-0.39, 0.29) is 42.5 Å². The van der Waals surface area contributed by atoms with Crippen molar-refractivity contribution < 1.29 is 13.2 Å². The first-order valence-corrected chi connectivity index (χ1v) is 8.58. The third kappa shape index (κ3) is 10.2. The SMILES string of the molecule is CCNC(=NCCN(C)CC(F)(F)F)NC(C)C(C)c1ccccc1.I. The van der Waals surface area contributed by atoms with Crippen molar-refractivity contribution in [1.29, 1.82) is 0 Å². The summed E-state index contributed by atoms with van der Waals surface area (Å²) >= 11 is 0. The molecule has 150 valence electrons. The first-order chi connectivity index (χ1) is 11.7. The molecule has 0 aliphatic rings. The van der Waals surface area contributed by atoms with E-state index < -0.39 is 12.7 Å². The number of hydrogen-bond acceptors (Lipinski definition) is 2. The largest absolute Gasteiger partial charge is 0.401 e. The van der Waals surface area contributed by atoms with Crippen molar-refractivity contribution in [3.05, 3.63) is 35.9 Å². The lowest BCUT2D eigenvalue weighted by Crippen LogP contribution is -2.44. The summed E-state index contributed by atoms with van der Waals surface area (Å²) in [7, 11) is 1.45. The van der Waals surface area contributed by atoms with E-state index >= 15 is 0 Å². The standard InChI is InChI=1S/C18H29F3N4.HI/c1-5-22-17(23-11-12-25(4)13-18(19,20)21)24-15(3)14(2)16-9-7-6-8-10-16;/h6-10,14-15H,5,11-13H2,1-4H3,(H2,22,23,24);1H. The van der Waals surface area contributed by atoms with Gasteiger partial charge < -0.3 is 10.6 Å². The number of nitrogens with zero attached hydrogens (tertiary/aromatic N) is 2. The predicted molar refractivity (Wildman–Crippen MR) is 112 cm³/mol. The van der Waals surface area contributed by atoms with Crippen LogP contribution < -0.4 is 10.6 Å². The van der Waals surface area contributed by atoms with Gasteiger partial charge in [-0.15, -0.1) is 24.0 Å². The predicted octanol–water partition coefficient (Wildman–Crippen LogP) is 3.85. The summed E-state index contributed by atoms with van der Waals surface area (Å²) in [4.78, 5) is 5.61. The van der Waals surface area contributed by atoms with Crippen LogP contribution in [0.5, 0.6) is 0 Å². The first-order valence-electron chi connectivity index (χ1n) is 8.58. The maximum absolute atomic E-state index is 12.3. The van der Waals surface area contributed by atoms with E-state index in [2.05, 4.69) is 41.6 Å². The highest BCUT2D eigenvalue weighted by Gasteiger charge is 2.28. The molecule has 0 aliphatic heterocycles. The Hall–Kier alpha value is -1.03. The second-order valence-corrected chi connectivity index (χ2v) is 6.25. The number of halogens is 4. The second kappa shape index (κ2) is 12.4. The molecule has 0 saturated carbocycles. The third-order valence-electron chi connectivity index (χ3n) is 3.98. The van der Waals surface area contributed by atoms with Crippen molar-refractivity contribution in [2.24, 2.45) is 4.99 Å². The molecule has 2 atom stereocenters. The maximum Gasteiger partial charge on any atom is 0.401 e. The number of rotatable bonds is 8. The average Bonchev–Trinajstić information content (AvgIpc) is 2.53. The Morgan fingerprint density at radius 3 is 2.35 bits per heavy atom. The van der Waals surface area contributed by atoms with E-state index in [1.807, 2.05) is 25.1 Å². The molecule has 1 rings (SSSR count). The molecule has 1 aromatic rings. The van der Waals surface area contributed by atoms with Crippen LogP contribution in [0.1, 0.15) is 32.3 Å². The van der Waals surface area contributed by atoms with Crippen LogP contribution in [0, 0.1) is 0 Å². The van der Waals surface area contributed by atoms with Gasteiger partial charge in [0.25, 0.3) is 0 Å². The van der Waals surface area contributed by atoms with Crippen LogP contribution in [-0.2, 0) is 0 Å². The Morgan fingerprint density at radius 2 is 1.81 bits per heavy atom. The molecular formula is C18H30F3IN4. The summed E-state index contributed by atoms with van der Waals surface area (Å²) in [6.07, 6.45) is -4.18. The number of alkyl halides is 3. The van der Waals surface area contributed by atoms with Crippen molar-refractivity contribution in [1.82, 2.24) is 15.5 Å². The summed E-state index contributed by atoms with van der Waals surface area (Å²) in [5.74, 6) is 0.899. The highest BCUT2D eigenvalue weighted by atomic mass is 127. The molecule has 2 unspecified atom stereocenters. The van der Waals surface area contributed by atoms with E-state index in [9.17, 15) is 13.2 Å². The van der Waals surface area contributed by atoms with E-state index in [4.69, 9.17) is 0 Å². The van der Waals surface area contributed by atoms with Crippen LogP contribution in [0.4, 0.5) is 13.2 Å². The number of benzene rings is 1. The van der Waals surface area contributed by atoms with Crippen LogP contribution in [0.25, 0.3) is 0 Å². The summed E-state index contributed by atoms with van der Waals surface area (Å²) in [6, 6.07) is 10.3. The molecule has 1 aromatic carbocycles. The fourth-order valence-electron chi connectivity index (χ4n) is 2.42. The number of aliphatic imine (C=N–C) groups is 1. The molecule has 4 nitrogen and oxygen atoms in total. The monoisotopic (exact) mass is 486 g/mol. The topological polar surface area (TPSA) is 39.7 Å². The number of hydrogen-bond donors (Lipinski definition) is 2. The molecule has 0 bridgehead atoms. The van der Waals surface area contributed by atoms with Crippen molar-refractivity contribution in [3.63, 3.8) is 0 Å². The fraction of sp³-hybridized carbons (Fsp3) is 0.611. The van der Waals surface area contributed by atoms with Gasteiger partial charge in [0.2, 0.25) is 0 Å². The molecular weight excluding hydrogens is 456 g/mol.